The van der Waals surface area contributed by atoms with Crippen LogP contribution in [-0.4, -0.2) is 28.3 Å². The van der Waals surface area contributed by atoms with E-state index in [1.54, 1.807) is 24.2 Å². The SMILES string of the molecule is Cc1noc(C)c1[C@@H](C)CC(=O)N1CCSc2ccncc21. The number of anilines is 1. The number of rotatable bonds is 3. The fourth-order valence-corrected chi connectivity index (χ4v) is 3.95. The van der Waals surface area contributed by atoms with Crippen molar-refractivity contribution in [2.24, 2.45) is 0 Å². The van der Waals surface area contributed by atoms with Gasteiger partial charge in [-0.15, -0.1) is 11.8 Å². The molecule has 2 aromatic rings. The van der Waals surface area contributed by atoms with E-state index in [0.717, 1.165) is 39.9 Å². The molecule has 116 valence electrons. The van der Waals surface area contributed by atoms with E-state index in [2.05, 4.69) is 10.1 Å². The molecule has 3 rings (SSSR count). The molecule has 0 fully saturated rings. The summed E-state index contributed by atoms with van der Waals surface area (Å²) >= 11 is 1.77. The summed E-state index contributed by atoms with van der Waals surface area (Å²) in [5.41, 5.74) is 2.84. The summed E-state index contributed by atoms with van der Waals surface area (Å²) in [7, 11) is 0. The van der Waals surface area contributed by atoms with Crippen molar-refractivity contribution in [3.05, 3.63) is 35.5 Å². The van der Waals surface area contributed by atoms with E-state index in [4.69, 9.17) is 4.52 Å². The third-order valence-electron chi connectivity index (χ3n) is 3.99. The standard InChI is InChI=1S/C16H19N3O2S/c1-10(16-11(2)18-21-12(16)3)8-15(20)19-6-7-22-14-4-5-17-9-13(14)19/h4-5,9-10H,6-8H2,1-3H3/t10-/m0/s1. The van der Waals surface area contributed by atoms with Crippen LogP contribution in [0.15, 0.2) is 27.9 Å². The molecule has 3 heterocycles. The van der Waals surface area contributed by atoms with E-state index in [0.29, 0.717) is 6.42 Å². The Morgan fingerprint density at radius 1 is 1.50 bits per heavy atom. The summed E-state index contributed by atoms with van der Waals surface area (Å²) in [6.07, 6.45) is 3.99. The average molecular weight is 317 g/mol. The predicted molar refractivity (Wildman–Crippen MR) is 86.3 cm³/mol. The number of fused-ring (bicyclic) bond motifs is 1. The first-order valence-electron chi connectivity index (χ1n) is 7.38. The first-order chi connectivity index (χ1) is 10.6. The summed E-state index contributed by atoms with van der Waals surface area (Å²) in [5.74, 6) is 1.94. The number of aryl methyl sites for hydroxylation is 2. The van der Waals surface area contributed by atoms with Gasteiger partial charge in [0.15, 0.2) is 0 Å². The number of nitrogens with zero attached hydrogens (tertiary/aromatic N) is 3. The topological polar surface area (TPSA) is 59.2 Å². The van der Waals surface area contributed by atoms with Crippen LogP contribution in [0.2, 0.25) is 0 Å². The van der Waals surface area contributed by atoms with Crippen molar-refractivity contribution in [3.63, 3.8) is 0 Å². The molecule has 1 aliphatic rings. The Labute approximate surface area is 134 Å². The molecule has 0 aromatic carbocycles. The zero-order chi connectivity index (χ0) is 15.7. The summed E-state index contributed by atoms with van der Waals surface area (Å²) < 4.78 is 5.21. The lowest BCUT2D eigenvalue weighted by Gasteiger charge is -2.29. The van der Waals surface area contributed by atoms with Gasteiger partial charge in [0, 0.05) is 35.4 Å². The number of amides is 1. The van der Waals surface area contributed by atoms with Crippen LogP contribution in [0.3, 0.4) is 0 Å². The number of hydrogen-bond acceptors (Lipinski definition) is 5. The number of aromatic nitrogens is 2. The van der Waals surface area contributed by atoms with E-state index < -0.39 is 0 Å². The molecule has 6 heteroatoms. The Kier molecular flexibility index (Phi) is 4.20. The van der Waals surface area contributed by atoms with Gasteiger partial charge in [-0.3, -0.25) is 9.78 Å². The second kappa shape index (κ2) is 6.12. The zero-order valence-corrected chi connectivity index (χ0v) is 13.8. The molecule has 1 amide bonds. The molecular weight excluding hydrogens is 298 g/mol. The van der Waals surface area contributed by atoms with Gasteiger partial charge in [-0.05, 0) is 25.8 Å². The highest BCUT2D eigenvalue weighted by Crippen LogP contribution is 2.35. The maximum Gasteiger partial charge on any atom is 0.227 e. The van der Waals surface area contributed by atoms with Crippen molar-refractivity contribution < 1.29 is 9.32 Å². The lowest BCUT2D eigenvalue weighted by molar-refractivity contribution is -0.118. The van der Waals surface area contributed by atoms with E-state index in [1.807, 2.05) is 31.7 Å². The van der Waals surface area contributed by atoms with E-state index >= 15 is 0 Å². The minimum absolute atomic E-state index is 0.0912. The zero-order valence-electron chi connectivity index (χ0n) is 13.0. The van der Waals surface area contributed by atoms with Crippen LogP contribution in [0, 0.1) is 13.8 Å². The molecule has 0 radical (unpaired) electrons. The molecule has 0 bridgehead atoms. The molecule has 0 N–H and O–H groups in total. The molecule has 1 aliphatic heterocycles. The third kappa shape index (κ3) is 2.75. The molecule has 1 atom stereocenters. The van der Waals surface area contributed by atoms with Crippen LogP contribution in [0.25, 0.3) is 0 Å². The fourth-order valence-electron chi connectivity index (χ4n) is 2.99. The van der Waals surface area contributed by atoms with Gasteiger partial charge in [0.1, 0.15) is 5.76 Å². The number of hydrogen-bond donors (Lipinski definition) is 0. The van der Waals surface area contributed by atoms with Crippen LogP contribution < -0.4 is 4.90 Å². The molecular formula is C16H19N3O2S. The minimum atomic E-state index is 0.0912. The fraction of sp³-hybridized carbons (Fsp3) is 0.438. The molecule has 5 nitrogen and oxygen atoms in total. The van der Waals surface area contributed by atoms with Gasteiger partial charge in [0.25, 0.3) is 0 Å². The van der Waals surface area contributed by atoms with Gasteiger partial charge in [0.05, 0.1) is 17.6 Å². The van der Waals surface area contributed by atoms with Gasteiger partial charge in [-0.25, -0.2) is 0 Å². The molecule has 0 unspecified atom stereocenters. The minimum Gasteiger partial charge on any atom is -0.361 e. The van der Waals surface area contributed by atoms with Crippen LogP contribution >= 0.6 is 11.8 Å². The smallest absolute Gasteiger partial charge is 0.227 e. The summed E-state index contributed by atoms with van der Waals surface area (Å²) in [6.45, 7) is 6.60. The van der Waals surface area contributed by atoms with Gasteiger partial charge in [-0.1, -0.05) is 12.1 Å². The van der Waals surface area contributed by atoms with Crippen LogP contribution in [0.5, 0.6) is 0 Å². The second-order valence-electron chi connectivity index (χ2n) is 5.58. The maximum atomic E-state index is 12.7. The Morgan fingerprint density at radius 3 is 3.05 bits per heavy atom. The lowest BCUT2D eigenvalue weighted by atomic mass is 9.95. The third-order valence-corrected chi connectivity index (χ3v) is 5.03. The van der Waals surface area contributed by atoms with Gasteiger partial charge < -0.3 is 9.42 Å². The van der Waals surface area contributed by atoms with Crippen molar-refractivity contribution in [1.82, 2.24) is 10.1 Å². The van der Waals surface area contributed by atoms with Crippen LogP contribution in [0.1, 0.15) is 36.3 Å². The van der Waals surface area contributed by atoms with E-state index in [-0.39, 0.29) is 11.8 Å². The number of carbonyl (C=O) groups excluding carboxylic acids is 1. The highest BCUT2D eigenvalue weighted by molar-refractivity contribution is 7.99. The van der Waals surface area contributed by atoms with Crippen molar-refractivity contribution >= 4 is 23.4 Å². The normalized spacial score (nSPS) is 15.5. The van der Waals surface area contributed by atoms with E-state index in [9.17, 15) is 4.79 Å². The van der Waals surface area contributed by atoms with Crippen molar-refractivity contribution in [2.45, 2.75) is 38.0 Å². The Balaban J connectivity index is 1.78. The van der Waals surface area contributed by atoms with Gasteiger partial charge in [0.2, 0.25) is 5.91 Å². The first-order valence-corrected chi connectivity index (χ1v) is 8.36. The highest BCUT2D eigenvalue weighted by Gasteiger charge is 2.26. The van der Waals surface area contributed by atoms with E-state index in [1.165, 1.54) is 0 Å². The Bertz CT molecular complexity index is 679. The van der Waals surface area contributed by atoms with Crippen LogP contribution in [0.4, 0.5) is 5.69 Å². The van der Waals surface area contributed by atoms with Crippen molar-refractivity contribution in [3.8, 4) is 0 Å². The van der Waals surface area contributed by atoms with Crippen LogP contribution in [-0.2, 0) is 4.79 Å². The van der Waals surface area contributed by atoms with Gasteiger partial charge >= 0.3 is 0 Å². The van der Waals surface area contributed by atoms with Crippen molar-refractivity contribution in [1.29, 1.82) is 0 Å². The number of pyridine rings is 1. The molecule has 0 saturated heterocycles. The predicted octanol–water partition coefficient (Wildman–Crippen LogP) is 3.32. The maximum absolute atomic E-state index is 12.7. The molecule has 0 aliphatic carbocycles. The Hall–Kier alpha value is -1.82. The number of carbonyl (C=O) groups is 1. The van der Waals surface area contributed by atoms with Gasteiger partial charge in [-0.2, -0.15) is 0 Å². The largest absolute Gasteiger partial charge is 0.361 e. The number of thioether (sulfide) groups is 1. The molecule has 0 saturated carbocycles. The summed E-state index contributed by atoms with van der Waals surface area (Å²) in [4.78, 5) is 19.9. The lowest BCUT2D eigenvalue weighted by Crippen LogP contribution is -2.36. The average Bonchev–Trinajstić information content (AvgIpc) is 2.85. The van der Waals surface area contributed by atoms with Crippen molar-refractivity contribution in [2.75, 3.05) is 17.2 Å². The first kappa shape index (κ1) is 15.1. The quantitative estimate of drug-likeness (QED) is 0.869. The Morgan fingerprint density at radius 2 is 2.32 bits per heavy atom. The molecule has 0 spiro atoms. The molecule has 2 aromatic heterocycles. The summed E-state index contributed by atoms with van der Waals surface area (Å²) in [6, 6.07) is 1.97. The monoisotopic (exact) mass is 317 g/mol. The molecule has 22 heavy (non-hydrogen) atoms. The second-order valence-corrected chi connectivity index (χ2v) is 6.72. The highest BCUT2D eigenvalue weighted by atomic mass is 32.2. The summed E-state index contributed by atoms with van der Waals surface area (Å²) in [5, 5.41) is 3.98.